The van der Waals surface area contributed by atoms with E-state index in [1.165, 1.54) is 22.1 Å². The number of nitrogens with zero attached hydrogens (tertiary/aromatic N) is 2. The first-order chi connectivity index (χ1) is 7.43. The lowest BCUT2D eigenvalue weighted by Gasteiger charge is -1.99. The molecule has 0 saturated heterocycles. The van der Waals surface area contributed by atoms with Crippen molar-refractivity contribution in [2.24, 2.45) is 0 Å². The molecule has 0 saturated carbocycles. The Morgan fingerprint density at radius 1 is 1.13 bits per heavy atom. The van der Waals surface area contributed by atoms with Crippen LogP contribution in [0, 0.1) is 11.6 Å². The molecule has 2 aromatic carbocycles. The van der Waals surface area contributed by atoms with Crippen molar-refractivity contribution in [1.29, 1.82) is 0 Å². The summed E-state index contributed by atoms with van der Waals surface area (Å²) in [7, 11) is 0. The Kier molecular flexibility index (Phi) is 1.96. The van der Waals surface area contributed by atoms with Gasteiger partial charge in [0.2, 0.25) is 0 Å². The predicted octanol–water partition coefficient (Wildman–Crippen LogP) is 2.96. The Morgan fingerprint density at radius 3 is 3.00 bits per heavy atom. The third kappa shape index (κ3) is 1.51. The zero-order chi connectivity index (χ0) is 10.1. The lowest BCUT2D eigenvalue weighted by atomic mass is 10.1. The van der Waals surface area contributed by atoms with Crippen LogP contribution in [0.1, 0.15) is 0 Å². The van der Waals surface area contributed by atoms with Gasteiger partial charge in [-0.25, -0.2) is 0 Å². The number of rotatable bonds is 1. The smallest absolute Gasteiger partial charge is 0.138 e. The highest BCUT2D eigenvalue weighted by Gasteiger charge is 2.02. The molecule has 70 valence electrons. The van der Waals surface area contributed by atoms with E-state index in [0.29, 0.717) is 0 Å². The van der Waals surface area contributed by atoms with Gasteiger partial charge in [-0.1, -0.05) is 35.6 Å². The average molecular weight is 210 g/mol. The number of benzene rings is 2. The van der Waals surface area contributed by atoms with E-state index >= 15 is 0 Å². The van der Waals surface area contributed by atoms with Gasteiger partial charge in [-0.05, 0) is 29.0 Å². The fraction of sp³-hybridized carbons (Fsp3) is 0. The number of hydrogen-bond donors (Lipinski definition) is 0. The molecule has 2 radical (unpaired) electrons. The Morgan fingerprint density at radius 2 is 2.13 bits per heavy atom. The van der Waals surface area contributed by atoms with Gasteiger partial charge >= 0.3 is 0 Å². The van der Waals surface area contributed by atoms with Crippen molar-refractivity contribution >= 4 is 22.1 Å². The van der Waals surface area contributed by atoms with Crippen LogP contribution >= 0.6 is 11.3 Å². The molecule has 1 aromatic heterocycles. The molecular weight excluding hydrogens is 204 g/mol. The summed E-state index contributed by atoms with van der Waals surface area (Å²) in [5, 5.41) is 11.0. The largest absolute Gasteiger partial charge is 0.178 e. The molecule has 3 heteroatoms. The lowest BCUT2D eigenvalue weighted by molar-refractivity contribution is 1.09. The minimum atomic E-state index is 0.907. The minimum absolute atomic E-state index is 0.907. The molecular formula is C12H6N2S. The summed E-state index contributed by atoms with van der Waals surface area (Å²) in [4.78, 5) is 0. The second-order valence-corrected chi connectivity index (χ2v) is 3.96. The predicted molar refractivity (Wildman–Crippen MR) is 60.5 cm³/mol. The van der Waals surface area contributed by atoms with Crippen molar-refractivity contribution in [2.45, 2.75) is 0 Å². The van der Waals surface area contributed by atoms with E-state index in [-0.39, 0.29) is 0 Å². The highest BCUT2D eigenvalue weighted by Crippen LogP contribution is 2.24. The second-order valence-electron chi connectivity index (χ2n) is 3.19. The first-order valence-corrected chi connectivity index (χ1v) is 5.35. The maximum atomic E-state index is 4.00. The van der Waals surface area contributed by atoms with Crippen LogP contribution < -0.4 is 0 Å². The fourth-order valence-electron chi connectivity index (χ4n) is 1.53. The molecule has 1 heterocycles. The SMILES string of the molecule is [c]1ccc2cc(-c3nn[c]s3)ccc2c1. The van der Waals surface area contributed by atoms with Gasteiger partial charge in [0.1, 0.15) is 5.01 Å². The van der Waals surface area contributed by atoms with E-state index in [0.717, 1.165) is 10.6 Å². The van der Waals surface area contributed by atoms with Crippen molar-refractivity contribution in [3.63, 3.8) is 0 Å². The summed E-state index contributed by atoms with van der Waals surface area (Å²) in [5.41, 5.74) is 3.84. The van der Waals surface area contributed by atoms with Crippen molar-refractivity contribution in [3.05, 3.63) is 48.0 Å². The number of fused-ring (bicyclic) bond motifs is 1. The molecule has 0 N–H and O–H groups in total. The van der Waals surface area contributed by atoms with E-state index in [1.807, 2.05) is 24.3 Å². The molecule has 15 heavy (non-hydrogen) atoms. The zero-order valence-corrected chi connectivity index (χ0v) is 8.58. The minimum Gasteiger partial charge on any atom is -0.138 e. The second kappa shape index (κ2) is 3.44. The standard InChI is InChI=1S/C12H6N2S/c1-2-4-10-7-11(6-5-9(10)3-1)12-14-13-8-15-12/h2-7H. The van der Waals surface area contributed by atoms with Crippen molar-refractivity contribution < 1.29 is 0 Å². The van der Waals surface area contributed by atoms with Gasteiger partial charge in [-0.2, -0.15) is 0 Å². The normalized spacial score (nSPS) is 10.7. The average Bonchev–Trinajstić information content (AvgIpc) is 2.82. The first-order valence-electron chi connectivity index (χ1n) is 4.53. The summed E-state index contributed by atoms with van der Waals surface area (Å²) in [6.07, 6.45) is 0. The van der Waals surface area contributed by atoms with Crippen LogP contribution in [0.2, 0.25) is 0 Å². The number of hydrogen-bond acceptors (Lipinski definition) is 3. The quantitative estimate of drug-likeness (QED) is 0.617. The first kappa shape index (κ1) is 8.56. The van der Waals surface area contributed by atoms with E-state index in [9.17, 15) is 0 Å². The van der Waals surface area contributed by atoms with Crippen LogP contribution in [-0.2, 0) is 0 Å². The van der Waals surface area contributed by atoms with Crippen molar-refractivity contribution in [3.8, 4) is 10.6 Å². The molecule has 0 bridgehead atoms. The van der Waals surface area contributed by atoms with Gasteiger partial charge in [0.15, 0.2) is 5.51 Å². The summed E-state index contributed by atoms with van der Waals surface area (Å²) in [5.74, 6) is 0. The summed E-state index contributed by atoms with van der Waals surface area (Å²) < 4.78 is 0. The highest BCUT2D eigenvalue weighted by atomic mass is 32.1. The van der Waals surface area contributed by atoms with Gasteiger partial charge in [0.25, 0.3) is 0 Å². The third-order valence-corrected chi connectivity index (χ3v) is 2.94. The van der Waals surface area contributed by atoms with Gasteiger partial charge in [0, 0.05) is 5.56 Å². The lowest BCUT2D eigenvalue weighted by Crippen LogP contribution is -1.78. The molecule has 3 rings (SSSR count). The molecule has 0 spiro atoms. The zero-order valence-electron chi connectivity index (χ0n) is 7.77. The summed E-state index contributed by atoms with van der Waals surface area (Å²) in [6.45, 7) is 0. The Labute approximate surface area is 91.2 Å². The molecule has 0 aliphatic heterocycles. The van der Waals surface area contributed by atoms with Crippen LogP contribution in [0.5, 0.6) is 0 Å². The molecule has 0 amide bonds. The highest BCUT2D eigenvalue weighted by molar-refractivity contribution is 7.12. The monoisotopic (exact) mass is 210 g/mol. The molecule has 0 atom stereocenters. The van der Waals surface area contributed by atoms with Crippen LogP contribution in [0.15, 0.2) is 36.4 Å². The Balaban J connectivity index is 2.22. The van der Waals surface area contributed by atoms with Crippen molar-refractivity contribution in [2.75, 3.05) is 0 Å². The van der Waals surface area contributed by atoms with E-state index < -0.39 is 0 Å². The van der Waals surface area contributed by atoms with Crippen molar-refractivity contribution in [1.82, 2.24) is 10.2 Å². The summed E-state index contributed by atoms with van der Waals surface area (Å²) >= 11 is 1.43. The topological polar surface area (TPSA) is 25.8 Å². The molecule has 0 aliphatic rings. The van der Waals surface area contributed by atoms with Gasteiger partial charge < -0.3 is 0 Å². The fourth-order valence-corrected chi connectivity index (χ4v) is 2.02. The van der Waals surface area contributed by atoms with Crippen LogP contribution in [0.4, 0.5) is 0 Å². The van der Waals surface area contributed by atoms with Gasteiger partial charge in [0.05, 0.1) is 0 Å². The maximum Gasteiger partial charge on any atom is 0.178 e. The van der Waals surface area contributed by atoms with E-state index in [1.54, 1.807) is 0 Å². The van der Waals surface area contributed by atoms with E-state index in [4.69, 9.17) is 0 Å². The Hall–Kier alpha value is -1.74. The van der Waals surface area contributed by atoms with Crippen LogP contribution in [0.3, 0.4) is 0 Å². The van der Waals surface area contributed by atoms with Gasteiger partial charge in [-0.15, -0.1) is 10.2 Å². The van der Waals surface area contributed by atoms with Crippen LogP contribution in [-0.4, -0.2) is 10.2 Å². The molecule has 0 unspecified atom stereocenters. The van der Waals surface area contributed by atoms with Crippen LogP contribution in [0.25, 0.3) is 21.3 Å². The van der Waals surface area contributed by atoms with Gasteiger partial charge in [-0.3, -0.25) is 0 Å². The molecule has 0 aliphatic carbocycles. The summed E-state index contributed by atoms with van der Waals surface area (Å²) in [6, 6.07) is 15.2. The molecule has 3 aromatic rings. The number of aromatic nitrogens is 2. The molecule has 2 nitrogen and oxygen atoms in total. The third-order valence-electron chi connectivity index (χ3n) is 2.26. The molecule has 0 fully saturated rings. The Bertz CT molecular complexity index is 587. The maximum absolute atomic E-state index is 4.00. The van der Waals surface area contributed by atoms with E-state index in [2.05, 4.69) is 33.9 Å².